The SMILES string of the molecule is O=S(=O)(Cl)Cc1cn2ccncc2n1. The highest BCUT2D eigenvalue weighted by molar-refractivity contribution is 8.13. The number of imidazole rings is 1. The molecule has 0 saturated carbocycles. The van der Waals surface area contributed by atoms with Crippen LogP contribution in [0.3, 0.4) is 0 Å². The van der Waals surface area contributed by atoms with E-state index in [0.717, 1.165) is 0 Å². The van der Waals surface area contributed by atoms with Gasteiger partial charge in [0.25, 0.3) is 0 Å². The average Bonchev–Trinajstić information content (AvgIpc) is 2.42. The molecule has 2 rings (SSSR count). The van der Waals surface area contributed by atoms with Gasteiger partial charge in [0.2, 0.25) is 9.05 Å². The number of aromatic nitrogens is 3. The van der Waals surface area contributed by atoms with Crippen molar-refractivity contribution in [3.63, 3.8) is 0 Å². The lowest BCUT2D eigenvalue weighted by molar-refractivity contribution is 0.608. The molecule has 0 saturated heterocycles. The van der Waals surface area contributed by atoms with Crippen molar-refractivity contribution in [2.24, 2.45) is 0 Å². The first-order chi connectivity index (χ1) is 6.54. The minimum absolute atomic E-state index is 0.268. The summed E-state index contributed by atoms with van der Waals surface area (Å²) in [6, 6.07) is 0. The summed E-state index contributed by atoms with van der Waals surface area (Å²) in [6.07, 6.45) is 6.43. The number of fused-ring (bicyclic) bond motifs is 1. The van der Waals surface area contributed by atoms with E-state index >= 15 is 0 Å². The van der Waals surface area contributed by atoms with Crippen molar-refractivity contribution < 1.29 is 8.42 Å². The monoisotopic (exact) mass is 231 g/mol. The number of halogens is 1. The van der Waals surface area contributed by atoms with Gasteiger partial charge in [-0.15, -0.1) is 0 Å². The van der Waals surface area contributed by atoms with E-state index in [2.05, 4.69) is 9.97 Å². The Labute approximate surface area is 84.8 Å². The topological polar surface area (TPSA) is 64.3 Å². The molecule has 0 aliphatic carbocycles. The first kappa shape index (κ1) is 9.42. The first-order valence-electron chi connectivity index (χ1n) is 3.74. The van der Waals surface area contributed by atoms with Crippen LogP contribution in [-0.2, 0) is 14.8 Å². The standard InChI is InChI=1S/C7H6ClN3O2S/c8-14(12,13)5-6-4-11-2-1-9-3-7(11)10-6/h1-4H,5H2. The van der Waals surface area contributed by atoms with Crippen molar-refractivity contribution in [2.75, 3.05) is 0 Å². The van der Waals surface area contributed by atoms with Gasteiger partial charge < -0.3 is 4.40 Å². The maximum Gasteiger partial charge on any atom is 0.238 e. The van der Waals surface area contributed by atoms with Gasteiger partial charge in [0.1, 0.15) is 5.75 Å². The predicted molar refractivity (Wildman–Crippen MR) is 51.5 cm³/mol. The molecule has 14 heavy (non-hydrogen) atoms. The van der Waals surface area contributed by atoms with Gasteiger partial charge >= 0.3 is 0 Å². The van der Waals surface area contributed by atoms with Crippen molar-refractivity contribution in [3.8, 4) is 0 Å². The average molecular weight is 232 g/mol. The molecule has 2 aromatic rings. The smallest absolute Gasteiger partial charge is 0.238 e. The third kappa shape index (κ3) is 2.02. The molecule has 2 aromatic heterocycles. The van der Waals surface area contributed by atoms with Crippen LogP contribution in [0.2, 0.25) is 0 Å². The Bertz CT molecular complexity index is 530. The fourth-order valence-electron chi connectivity index (χ4n) is 1.14. The Morgan fingerprint density at radius 1 is 1.50 bits per heavy atom. The maximum absolute atomic E-state index is 10.8. The third-order valence-corrected chi connectivity index (χ3v) is 2.60. The summed E-state index contributed by atoms with van der Waals surface area (Å²) in [7, 11) is 1.55. The van der Waals surface area contributed by atoms with E-state index in [1.165, 1.54) is 0 Å². The fraction of sp³-hybridized carbons (Fsp3) is 0.143. The van der Waals surface area contributed by atoms with Crippen LogP contribution in [0.1, 0.15) is 5.69 Å². The highest BCUT2D eigenvalue weighted by atomic mass is 35.7. The van der Waals surface area contributed by atoms with E-state index in [1.807, 2.05) is 0 Å². The van der Waals surface area contributed by atoms with Crippen LogP contribution >= 0.6 is 10.7 Å². The van der Waals surface area contributed by atoms with E-state index in [-0.39, 0.29) is 5.75 Å². The van der Waals surface area contributed by atoms with E-state index < -0.39 is 9.05 Å². The fourth-order valence-corrected chi connectivity index (χ4v) is 1.97. The van der Waals surface area contributed by atoms with Crippen LogP contribution in [0.4, 0.5) is 0 Å². The molecule has 0 amide bonds. The van der Waals surface area contributed by atoms with E-state index in [0.29, 0.717) is 11.3 Å². The van der Waals surface area contributed by atoms with Gasteiger partial charge in [-0.1, -0.05) is 0 Å². The molecular weight excluding hydrogens is 226 g/mol. The van der Waals surface area contributed by atoms with Crippen LogP contribution in [0.25, 0.3) is 5.65 Å². The summed E-state index contributed by atoms with van der Waals surface area (Å²) < 4.78 is 23.2. The Morgan fingerprint density at radius 2 is 2.29 bits per heavy atom. The van der Waals surface area contributed by atoms with Gasteiger partial charge in [-0.05, 0) is 0 Å². The zero-order chi connectivity index (χ0) is 10.2. The molecule has 0 atom stereocenters. The highest BCUT2D eigenvalue weighted by Gasteiger charge is 2.10. The third-order valence-electron chi connectivity index (χ3n) is 1.63. The molecule has 2 heterocycles. The first-order valence-corrected chi connectivity index (χ1v) is 6.22. The summed E-state index contributed by atoms with van der Waals surface area (Å²) in [4.78, 5) is 7.89. The Hall–Kier alpha value is -1.14. The Kier molecular flexibility index (Phi) is 2.16. The molecule has 0 spiro atoms. The second kappa shape index (κ2) is 3.21. The van der Waals surface area contributed by atoms with Crippen molar-refractivity contribution in [3.05, 3.63) is 30.5 Å². The van der Waals surface area contributed by atoms with E-state index in [4.69, 9.17) is 10.7 Å². The van der Waals surface area contributed by atoms with E-state index in [1.54, 1.807) is 29.2 Å². The zero-order valence-electron chi connectivity index (χ0n) is 6.96. The van der Waals surface area contributed by atoms with Crippen molar-refractivity contribution in [2.45, 2.75) is 5.75 Å². The molecule has 0 radical (unpaired) electrons. The van der Waals surface area contributed by atoms with Gasteiger partial charge in [-0.3, -0.25) is 4.98 Å². The molecule has 0 bridgehead atoms. The van der Waals surface area contributed by atoms with Crippen LogP contribution in [0, 0.1) is 0 Å². The minimum atomic E-state index is -3.55. The van der Waals surface area contributed by atoms with Gasteiger partial charge in [0.05, 0.1) is 11.9 Å². The Morgan fingerprint density at radius 3 is 2.93 bits per heavy atom. The minimum Gasteiger partial charge on any atom is -0.304 e. The van der Waals surface area contributed by atoms with Gasteiger partial charge in [0.15, 0.2) is 5.65 Å². The van der Waals surface area contributed by atoms with Crippen LogP contribution in [0.5, 0.6) is 0 Å². The number of nitrogens with zero attached hydrogens (tertiary/aromatic N) is 3. The lowest BCUT2D eigenvalue weighted by atomic mass is 10.6. The number of rotatable bonds is 2. The molecule has 0 fully saturated rings. The summed E-state index contributed by atoms with van der Waals surface area (Å²) >= 11 is 0. The van der Waals surface area contributed by atoms with Crippen molar-refractivity contribution in [1.82, 2.24) is 14.4 Å². The summed E-state index contributed by atoms with van der Waals surface area (Å²) in [6.45, 7) is 0. The Balaban J connectivity index is 2.46. The molecule has 0 aliphatic rings. The molecule has 0 aromatic carbocycles. The normalized spacial score (nSPS) is 12.1. The summed E-state index contributed by atoms with van der Waals surface area (Å²) in [5.74, 6) is -0.268. The second-order valence-electron chi connectivity index (χ2n) is 2.76. The van der Waals surface area contributed by atoms with E-state index in [9.17, 15) is 8.42 Å². The number of hydrogen-bond donors (Lipinski definition) is 0. The summed E-state index contributed by atoms with van der Waals surface area (Å²) in [5, 5.41) is 0. The molecule has 7 heteroatoms. The zero-order valence-corrected chi connectivity index (χ0v) is 8.53. The van der Waals surface area contributed by atoms with Gasteiger partial charge in [-0.25, -0.2) is 13.4 Å². The molecule has 5 nitrogen and oxygen atoms in total. The van der Waals surface area contributed by atoms with Crippen LogP contribution in [-0.4, -0.2) is 22.8 Å². The molecule has 74 valence electrons. The van der Waals surface area contributed by atoms with Gasteiger partial charge in [0, 0.05) is 29.3 Å². The molecule has 0 unspecified atom stereocenters. The molecular formula is C7H6ClN3O2S. The predicted octanol–water partition coefficient (Wildman–Crippen LogP) is 0.798. The highest BCUT2D eigenvalue weighted by Crippen LogP contribution is 2.09. The summed E-state index contributed by atoms with van der Waals surface area (Å²) in [5.41, 5.74) is 1.01. The quantitative estimate of drug-likeness (QED) is 0.717. The van der Waals surface area contributed by atoms with Crippen molar-refractivity contribution >= 4 is 25.4 Å². The van der Waals surface area contributed by atoms with Crippen LogP contribution < -0.4 is 0 Å². The van der Waals surface area contributed by atoms with Crippen LogP contribution in [0.15, 0.2) is 24.8 Å². The second-order valence-corrected chi connectivity index (χ2v) is 5.53. The molecule has 0 N–H and O–H groups in total. The maximum atomic E-state index is 10.8. The van der Waals surface area contributed by atoms with Gasteiger partial charge in [-0.2, -0.15) is 0 Å². The lowest BCUT2D eigenvalue weighted by Crippen LogP contribution is -1.94. The molecule has 0 aliphatic heterocycles. The van der Waals surface area contributed by atoms with Crippen molar-refractivity contribution in [1.29, 1.82) is 0 Å². The largest absolute Gasteiger partial charge is 0.304 e. The lowest BCUT2D eigenvalue weighted by Gasteiger charge is -1.87. The number of hydrogen-bond acceptors (Lipinski definition) is 4.